The van der Waals surface area contributed by atoms with Gasteiger partial charge in [-0.3, -0.25) is 4.79 Å². The third-order valence-corrected chi connectivity index (χ3v) is 4.49. The minimum absolute atomic E-state index is 0.0557. The number of alkyl halides is 1. The lowest BCUT2D eigenvalue weighted by Gasteiger charge is -2.18. The molecule has 2 aromatic rings. The lowest BCUT2D eigenvalue weighted by atomic mass is 10.0. The number of hydrogen-bond donors (Lipinski definition) is 1. The van der Waals surface area contributed by atoms with Crippen molar-refractivity contribution in [1.29, 1.82) is 0 Å². The second kappa shape index (κ2) is 5.53. The van der Waals surface area contributed by atoms with E-state index in [1.165, 1.54) is 5.56 Å². The van der Waals surface area contributed by atoms with Gasteiger partial charge in [0.15, 0.2) is 0 Å². The van der Waals surface area contributed by atoms with Crippen molar-refractivity contribution in [3.63, 3.8) is 0 Å². The van der Waals surface area contributed by atoms with Crippen LogP contribution in [-0.4, -0.2) is 11.3 Å². The van der Waals surface area contributed by atoms with E-state index in [1.807, 2.05) is 50.2 Å². The molecular weight excluding hydrogens is 282 g/mol. The topological polar surface area (TPSA) is 29.1 Å². The fourth-order valence-corrected chi connectivity index (χ4v) is 3.37. The second-order valence-corrected chi connectivity index (χ2v) is 6.25. The molecule has 0 heterocycles. The van der Waals surface area contributed by atoms with Crippen LogP contribution < -0.4 is 5.32 Å². The molecule has 0 aliphatic heterocycles. The third kappa shape index (κ3) is 2.68. The minimum atomic E-state index is -0.115. The molecule has 21 heavy (non-hydrogen) atoms. The molecule has 1 N–H and O–H groups in total. The summed E-state index contributed by atoms with van der Waals surface area (Å²) in [6.07, 6.45) is 0.801. The maximum Gasteiger partial charge on any atom is 0.252 e. The summed E-state index contributed by atoms with van der Waals surface area (Å²) in [7, 11) is 0. The first-order valence-electron chi connectivity index (χ1n) is 7.16. The minimum Gasteiger partial charge on any atom is -0.344 e. The van der Waals surface area contributed by atoms with E-state index >= 15 is 0 Å². The summed E-state index contributed by atoms with van der Waals surface area (Å²) in [5.41, 5.74) is 5.23. The number of carbonyl (C=O) groups is 1. The van der Waals surface area contributed by atoms with Gasteiger partial charge >= 0.3 is 0 Å². The monoisotopic (exact) mass is 299 g/mol. The van der Waals surface area contributed by atoms with Crippen molar-refractivity contribution >= 4 is 17.5 Å². The van der Waals surface area contributed by atoms with Gasteiger partial charge in [-0.2, -0.15) is 0 Å². The van der Waals surface area contributed by atoms with Crippen molar-refractivity contribution in [2.75, 3.05) is 0 Å². The van der Waals surface area contributed by atoms with Crippen LogP contribution in [0.2, 0.25) is 0 Å². The number of nitrogens with one attached hydrogen (secondary N) is 1. The van der Waals surface area contributed by atoms with Crippen LogP contribution in [0.5, 0.6) is 0 Å². The molecule has 0 radical (unpaired) electrons. The molecule has 3 heteroatoms. The molecule has 2 atom stereocenters. The molecular formula is C18H18ClNO. The number of aryl methyl sites for hydroxylation is 2. The van der Waals surface area contributed by atoms with Crippen LogP contribution in [0.3, 0.4) is 0 Å². The average molecular weight is 300 g/mol. The maximum atomic E-state index is 12.5. The molecule has 0 aromatic heterocycles. The van der Waals surface area contributed by atoms with Gasteiger partial charge in [-0.05, 0) is 43.0 Å². The van der Waals surface area contributed by atoms with Crippen molar-refractivity contribution in [1.82, 2.24) is 5.32 Å². The molecule has 1 aliphatic carbocycles. The van der Waals surface area contributed by atoms with Gasteiger partial charge in [0.2, 0.25) is 0 Å². The molecule has 3 rings (SSSR count). The van der Waals surface area contributed by atoms with Crippen LogP contribution in [0, 0.1) is 13.8 Å². The summed E-state index contributed by atoms with van der Waals surface area (Å²) >= 11 is 6.43. The Morgan fingerprint density at radius 3 is 2.71 bits per heavy atom. The molecule has 2 unspecified atom stereocenters. The summed E-state index contributed by atoms with van der Waals surface area (Å²) in [6.45, 7) is 3.99. The Kier molecular flexibility index (Phi) is 3.73. The molecule has 0 spiro atoms. The number of amides is 1. The number of benzene rings is 2. The van der Waals surface area contributed by atoms with Crippen LogP contribution in [0.1, 0.15) is 38.7 Å². The smallest absolute Gasteiger partial charge is 0.252 e. The number of rotatable bonds is 2. The normalized spacial score (nSPS) is 20.1. The Labute approximate surface area is 130 Å². The molecule has 2 nitrogen and oxygen atoms in total. The SMILES string of the molecule is Cc1ccc(C(=O)NC2c3ccccc3CC2Cl)c(C)c1. The Balaban J connectivity index is 1.85. The van der Waals surface area contributed by atoms with E-state index in [2.05, 4.69) is 11.4 Å². The van der Waals surface area contributed by atoms with Gasteiger partial charge in [0.25, 0.3) is 5.91 Å². The van der Waals surface area contributed by atoms with Crippen molar-refractivity contribution < 1.29 is 4.79 Å². The van der Waals surface area contributed by atoms with E-state index < -0.39 is 0 Å². The molecule has 0 saturated heterocycles. The molecule has 0 bridgehead atoms. The highest BCUT2D eigenvalue weighted by Gasteiger charge is 2.32. The van der Waals surface area contributed by atoms with Crippen molar-refractivity contribution in [3.05, 3.63) is 70.3 Å². The lowest BCUT2D eigenvalue weighted by molar-refractivity contribution is 0.0936. The number of halogens is 1. The van der Waals surface area contributed by atoms with E-state index in [0.717, 1.165) is 23.1 Å². The van der Waals surface area contributed by atoms with Crippen LogP contribution >= 0.6 is 11.6 Å². The Morgan fingerprint density at radius 1 is 1.19 bits per heavy atom. The second-order valence-electron chi connectivity index (χ2n) is 5.69. The van der Waals surface area contributed by atoms with Gasteiger partial charge in [-0.15, -0.1) is 11.6 Å². The maximum absolute atomic E-state index is 12.5. The quantitative estimate of drug-likeness (QED) is 0.836. The van der Waals surface area contributed by atoms with Gasteiger partial charge in [0.05, 0.1) is 11.4 Å². The van der Waals surface area contributed by atoms with Crippen LogP contribution in [-0.2, 0) is 6.42 Å². The highest BCUT2D eigenvalue weighted by Crippen LogP contribution is 2.34. The predicted octanol–water partition coefficient (Wildman–Crippen LogP) is 3.94. The van der Waals surface area contributed by atoms with E-state index in [4.69, 9.17) is 11.6 Å². The first kappa shape index (κ1) is 14.2. The number of fused-ring (bicyclic) bond motifs is 1. The van der Waals surface area contributed by atoms with Gasteiger partial charge in [-0.25, -0.2) is 0 Å². The molecule has 1 amide bonds. The van der Waals surface area contributed by atoms with Crippen LogP contribution in [0.4, 0.5) is 0 Å². The molecule has 1 aliphatic rings. The van der Waals surface area contributed by atoms with E-state index in [0.29, 0.717) is 5.56 Å². The molecule has 0 saturated carbocycles. The molecule has 2 aromatic carbocycles. The van der Waals surface area contributed by atoms with Gasteiger partial charge < -0.3 is 5.32 Å². The summed E-state index contributed by atoms with van der Waals surface area (Å²) in [4.78, 5) is 12.5. The molecule has 108 valence electrons. The largest absolute Gasteiger partial charge is 0.344 e. The third-order valence-electron chi connectivity index (χ3n) is 4.08. The van der Waals surface area contributed by atoms with Crippen LogP contribution in [0.15, 0.2) is 42.5 Å². The van der Waals surface area contributed by atoms with Gasteiger partial charge in [0.1, 0.15) is 0 Å². The summed E-state index contributed by atoms with van der Waals surface area (Å²) in [5.74, 6) is -0.0557. The Morgan fingerprint density at radius 2 is 1.95 bits per heavy atom. The Bertz CT molecular complexity index is 695. The standard InChI is InChI=1S/C18H18ClNO/c1-11-7-8-14(12(2)9-11)18(21)20-17-15-6-4-3-5-13(15)10-16(17)19/h3-9,16-17H,10H2,1-2H3,(H,20,21). The summed E-state index contributed by atoms with van der Waals surface area (Å²) < 4.78 is 0. The summed E-state index contributed by atoms with van der Waals surface area (Å²) in [5, 5.41) is 3.00. The van der Waals surface area contributed by atoms with Gasteiger partial charge in [0, 0.05) is 5.56 Å². The highest BCUT2D eigenvalue weighted by molar-refractivity contribution is 6.21. The highest BCUT2D eigenvalue weighted by atomic mass is 35.5. The van der Waals surface area contributed by atoms with E-state index in [1.54, 1.807) is 0 Å². The zero-order valence-corrected chi connectivity index (χ0v) is 12.9. The fourth-order valence-electron chi connectivity index (χ4n) is 3.00. The van der Waals surface area contributed by atoms with Gasteiger partial charge in [-0.1, -0.05) is 42.0 Å². The Hall–Kier alpha value is -1.80. The lowest BCUT2D eigenvalue weighted by Crippen LogP contribution is -2.32. The first-order chi connectivity index (χ1) is 10.1. The van der Waals surface area contributed by atoms with E-state index in [9.17, 15) is 4.79 Å². The first-order valence-corrected chi connectivity index (χ1v) is 7.60. The fraction of sp³-hybridized carbons (Fsp3) is 0.278. The van der Waals surface area contributed by atoms with Crippen molar-refractivity contribution in [2.45, 2.75) is 31.7 Å². The predicted molar refractivity (Wildman–Crippen MR) is 85.9 cm³/mol. The van der Waals surface area contributed by atoms with Crippen molar-refractivity contribution in [2.24, 2.45) is 0 Å². The molecule has 0 fully saturated rings. The van der Waals surface area contributed by atoms with Crippen LogP contribution in [0.25, 0.3) is 0 Å². The number of hydrogen-bond acceptors (Lipinski definition) is 1. The zero-order chi connectivity index (χ0) is 15.0. The average Bonchev–Trinajstić information content (AvgIpc) is 2.75. The van der Waals surface area contributed by atoms with E-state index in [-0.39, 0.29) is 17.3 Å². The number of carbonyl (C=O) groups excluding carboxylic acids is 1. The zero-order valence-electron chi connectivity index (χ0n) is 12.2. The summed E-state index contributed by atoms with van der Waals surface area (Å²) in [6, 6.07) is 13.9. The van der Waals surface area contributed by atoms with Crippen molar-refractivity contribution in [3.8, 4) is 0 Å².